The minimum Gasteiger partial charge on any atom is -0.480 e. The molecule has 0 saturated heterocycles. The first-order chi connectivity index (χ1) is 7.65. The van der Waals surface area contributed by atoms with Crippen LogP contribution in [0.15, 0.2) is 10.9 Å². The van der Waals surface area contributed by atoms with Gasteiger partial charge in [0.25, 0.3) is 0 Å². The molecule has 0 spiro atoms. The van der Waals surface area contributed by atoms with E-state index in [1.807, 2.05) is 5.38 Å². The van der Waals surface area contributed by atoms with Crippen LogP contribution in [-0.4, -0.2) is 21.8 Å². The molecule has 0 aliphatic heterocycles. The number of carboxylic acids is 1. The fourth-order valence-corrected chi connectivity index (χ4v) is 2.77. The van der Waals surface area contributed by atoms with Crippen LogP contribution in [0.3, 0.4) is 0 Å². The summed E-state index contributed by atoms with van der Waals surface area (Å²) in [6, 6.07) is 0. The zero-order valence-corrected chi connectivity index (χ0v) is 9.63. The highest BCUT2D eigenvalue weighted by molar-refractivity contribution is 7.07. The second-order valence-corrected chi connectivity index (χ2v) is 4.89. The maximum Gasteiger partial charge on any atom is 0.317 e. The molecule has 86 valence electrons. The van der Waals surface area contributed by atoms with Gasteiger partial charge in [0.05, 0.1) is 11.2 Å². The molecule has 1 saturated carbocycles. The minimum absolute atomic E-state index is 0.140. The lowest BCUT2D eigenvalue weighted by Crippen LogP contribution is -2.43. The Morgan fingerprint density at radius 2 is 2.38 bits per heavy atom. The van der Waals surface area contributed by atoms with Gasteiger partial charge in [0.2, 0.25) is 0 Å². The van der Waals surface area contributed by atoms with E-state index in [2.05, 4.69) is 4.98 Å². The average Bonchev–Trinajstić information content (AvgIpc) is 2.74. The lowest BCUT2D eigenvalue weighted by molar-refractivity contribution is -0.157. The fraction of sp³-hybridized carbons (Fsp3) is 0.545. The van der Waals surface area contributed by atoms with E-state index in [9.17, 15) is 14.7 Å². The molecule has 1 aliphatic carbocycles. The van der Waals surface area contributed by atoms with Gasteiger partial charge in [0, 0.05) is 18.2 Å². The van der Waals surface area contributed by atoms with Crippen LogP contribution in [0.4, 0.5) is 0 Å². The van der Waals surface area contributed by atoms with E-state index in [4.69, 9.17) is 0 Å². The SMILES string of the molecule is O=C(O)C1(Cc2cscn2)CCCCC1=O. The molecule has 16 heavy (non-hydrogen) atoms. The molecule has 1 aliphatic rings. The third kappa shape index (κ3) is 1.87. The predicted octanol–water partition coefficient (Wildman–Crippen LogP) is 1.90. The number of nitrogens with zero attached hydrogens (tertiary/aromatic N) is 1. The van der Waals surface area contributed by atoms with E-state index in [0.29, 0.717) is 18.5 Å². The average molecular weight is 239 g/mol. The summed E-state index contributed by atoms with van der Waals surface area (Å²) in [5, 5.41) is 11.1. The first kappa shape index (κ1) is 11.3. The summed E-state index contributed by atoms with van der Waals surface area (Å²) in [7, 11) is 0. The van der Waals surface area contributed by atoms with Crippen molar-refractivity contribution in [3.63, 3.8) is 0 Å². The van der Waals surface area contributed by atoms with Crippen molar-refractivity contribution in [1.29, 1.82) is 0 Å². The number of aromatic nitrogens is 1. The number of hydrogen-bond donors (Lipinski definition) is 1. The van der Waals surface area contributed by atoms with Gasteiger partial charge in [-0.1, -0.05) is 6.42 Å². The van der Waals surface area contributed by atoms with Crippen molar-refractivity contribution in [1.82, 2.24) is 4.98 Å². The molecular formula is C11H13NO3S. The van der Waals surface area contributed by atoms with E-state index in [1.165, 1.54) is 11.3 Å². The summed E-state index contributed by atoms with van der Waals surface area (Å²) in [4.78, 5) is 27.3. The second kappa shape index (κ2) is 4.33. The smallest absolute Gasteiger partial charge is 0.317 e. The molecule has 5 heteroatoms. The Hall–Kier alpha value is -1.23. The van der Waals surface area contributed by atoms with E-state index >= 15 is 0 Å². The van der Waals surface area contributed by atoms with Gasteiger partial charge in [-0.05, 0) is 12.8 Å². The lowest BCUT2D eigenvalue weighted by Gasteiger charge is -2.30. The predicted molar refractivity (Wildman–Crippen MR) is 59.4 cm³/mol. The topological polar surface area (TPSA) is 67.3 Å². The van der Waals surface area contributed by atoms with E-state index in [1.54, 1.807) is 5.51 Å². The third-order valence-electron chi connectivity index (χ3n) is 3.17. The van der Waals surface area contributed by atoms with Crippen LogP contribution >= 0.6 is 11.3 Å². The van der Waals surface area contributed by atoms with E-state index in [0.717, 1.165) is 12.8 Å². The van der Waals surface area contributed by atoms with Gasteiger partial charge < -0.3 is 5.11 Å². The minimum atomic E-state index is -1.22. The Bertz CT molecular complexity index is 401. The van der Waals surface area contributed by atoms with Crippen molar-refractivity contribution in [2.45, 2.75) is 32.1 Å². The summed E-state index contributed by atoms with van der Waals surface area (Å²) in [5.41, 5.74) is 1.16. The van der Waals surface area contributed by atoms with Crippen LogP contribution in [-0.2, 0) is 16.0 Å². The first-order valence-electron chi connectivity index (χ1n) is 5.29. The van der Waals surface area contributed by atoms with Crippen LogP contribution in [0, 0.1) is 5.41 Å². The number of aliphatic carboxylic acids is 1. The van der Waals surface area contributed by atoms with Gasteiger partial charge in [0.1, 0.15) is 5.41 Å². The Balaban J connectivity index is 2.27. The molecule has 4 nitrogen and oxygen atoms in total. The standard InChI is InChI=1S/C11H13NO3S/c13-9-3-1-2-4-11(9,10(14)15)5-8-6-16-7-12-8/h6-7H,1-5H2,(H,14,15). The Kier molecular flexibility index (Phi) is 3.05. The fourth-order valence-electron chi connectivity index (χ4n) is 2.21. The summed E-state index contributed by atoms with van der Waals surface area (Å²) in [6.45, 7) is 0. The van der Waals surface area contributed by atoms with Crippen LogP contribution in [0.5, 0.6) is 0 Å². The number of hydrogen-bond acceptors (Lipinski definition) is 4. The molecule has 1 aromatic rings. The highest BCUT2D eigenvalue weighted by Crippen LogP contribution is 2.36. The van der Waals surface area contributed by atoms with E-state index < -0.39 is 11.4 Å². The van der Waals surface area contributed by atoms with Gasteiger partial charge in [-0.3, -0.25) is 9.59 Å². The number of carboxylic acid groups (broad SMARTS) is 1. The molecule has 1 fully saturated rings. The zero-order chi connectivity index (χ0) is 11.6. The molecule has 0 bridgehead atoms. The summed E-state index contributed by atoms with van der Waals surface area (Å²) >= 11 is 1.42. The van der Waals surface area contributed by atoms with Gasteiger partial charge in [0.15, 0.2) is 5.78 Å². The van der Waals surface area contributed by atoms with E-state index in [-0.39, 0.29) is 12.2 Å². The Morgan fingerprint density at radius 3 is 2.94 bits per heavy atom. The van der Waals surface area contributed by atoms with Crippen molar-refractivity contribution in [2.75, 3.05) is 0 Å². The molecule has 1 N–H and O–H groups in total. The number of thiazole rings is 1. The molecule has 1 heterocycles. The summed E-state index contributed by atoms with van der Waals surface area (Å²) in [6.07, 6.45) is 2.69. The van der Waals surface area contributed by atoms with Crippen molar-refractivity contribution in [3.05, 3.63) is 16.6 Å². The van der Waals surface area contributed by atoms with Gasteiger partial charge in [-0.15, -0.1) is 11.3 Å². The molecule has 1 unspecified atom stereocenters. The lowest BCUT2D eigenvalue weighted by atomic mass is 9.70. The molecule has 0 aromatic carbocycles. The van der Waals surface area contributed by atoms with Gasteiger partial charge in [-0.2, -0.15) is 0 Å². The quantitative estimate of drug-likeness (QED) is 0.818. The number of rotatable bonds is 3. The third-order valence-corrected chi connectivity index (χ3v) is 3.80. The summed E-state index contributed by atoms with van der Waals surface area (Å²) in [5.74, 6) is -1.13. The number of carbonyl (C=O) groups is 2. The Morgan fingerprint density at radius 1 is 1.56 bits per heavy atom. The molecule has 2 rings (SSSR count). The number of carbonyl (C=O) groups excluding carboxylic acids is 1. The van der Waals surface area contributed by atoms with Crippen molar-refractivity contribution < 1.29 is 14.7 Å². The van der Waals surface area contributed by atoms with Crippen molar-refractivity contribution in [3.8, 4) is 0 Å². The zero-order valence-electron chi connectivity index (χ0n) is 8.81. The van der Waals surface area contributed by atoms with Crippen LogP contribution in [0.25, 0.3) is 0 Å². The maximum absolute atomic E-state index is 11.9. The maximum atomic E-state index is 11.9. The molecular weight excluding hydrogens is 226 g/mol. The van der Waals surface area contributed by atoms with Crippen LogP contribution in [0.2, 0.25) is 0 Å². The normalized spacial score (nSPS) is 25.6. The first-order valence-corrected chi connectivity index (χ1v) is 6.23. The number of Topliss-reactive ketones (excluding diaryl/α,β-unsaturated/α-hetero) is 1. The van der Waals surface area contributed by atoms with Gasteiger partial charge >= 0.3 is 5.97 Å². The number of ketones is 1. The second-order valence-electron chi connectivity index (χ2n) is 4.17. The van der Waals surface area contributed by atoms with Crippen LogP contribution in [0.1, 0.15) is 31.4 Å². The molecule has 0 amide bonds. The summed E-state index contributed by atoms with van der Waals surface area (Å²) < 4.78 is 0. The van der Waals surface area contributed by atoms with Crippen LogP contribution < -0.4 is 0 Å². The largest absolute Gasteiger partial charge is 0.480 e. The highest BCUT2D eigenvalue weighted by atomic mass is 32.1. The Labute approximate surface area is 97.3 Å². The van der Waals surface area contributed by atoms with Crippen molar-refractivity contribution in [2.24, 2.45) is 5.41 Å². The van der Waals surface area contributed by atoms with Gasteiger partial charge in [-0.25, -0.2) is 4.98 Å². The monoisotopic (exact) mass is 239 g/mol. The molecule has 1 aromatic heterocycles. The molecule has 1 atom stereocenters. The highest BCUT2D eigenvalue weighted by Gasteiger charge is 2.47. The molecule has 0 radical (unpaired) electrons. The van der Waals surface area contributed by atoms with Crippen molar-refractivity contribution >= 4 is 23.1 Å².